The zero-order chi connectivity index (χ0) is 11.5. The minimum Gasteiger partial charge on any atom is -0.362 e. The van der Waals surface area contributed by atoms with E-state index in [0.29, 0.717) is 9.21 Å². The number of hydrogen-bond donors (Lipinski definition) is 1. The predicted octanol–water partition coefficient (Wildman–Crippen LogP) is 2.98. The van der Waals surface area contributed by atoms with Crippen molar-refractivity contribution < 1.29 is 17.9 Å². The molecule has 2 N–H and O–H groups in total. The molecule has 0 aliphatic carbocycles. The highest BCUT2D eigenvalue weighted by molar-refractivity contribution is 7.16. The van der Waals surface area contributed by atoms with Crippen LogP contribution in [0.3, 0.4) is 0 Å². The lowest BCUT2D eigenvalue weighted by Crippen LogP contribution is -2.23. The van der Waals surface area contributed by atoms with E-state index in [2.05, 4.69) is 4.74 Å². The summed E-state index contributed by atoms with van der Waals surface area (Å²) in [5.74, 6) is 0. The van der Waals surface area contributed by atoms with Gasteiger partial charge < -0.3 is 10.5 Å². The summed E-state index contributed by atoms with van der Waals surface area (Å²) in [6.45, 7) is -1.31. The Hall–Kier alpha value is -0.300. The molecule has 1 aromatic heterocycles. The summed E-state index contributed by atoms with van der Waals surface area (Å²) in [6, 6.07) is 3.21. The van der Waals surface area contributed by atoms with Gasteiger partial charge in [-0.05, 0) is 12.1 Å². The van der Waals surface area contributed by atoms with Gasteiger partial charge >= 0.3 is 6.18 Å². The first-order chi connectivity index (χ1) is 6.92. The van der Waals surface area contributed by atoms with Crippen LogP contribution in [0.25, 0.3) is 0 Å². The Morgan fingerprint density at radius 3 is 2.53 bits per heavy atom. The van der Waals surface area contributed by atoms with E-state index in [1.807, 2.05) is 0 Å². The molecule has 0 spiro atoms. The molecule has 15 heavy (non-hydrogen) atoms. The lowest BCUT2D eigenvalue weighted by molar-refractivity contribution is -0.184. The molecule has 2 nitrogen and oxygen atoms in total. The van der Waals surface area contributed by atoms with Crippen molar-refractivity contribution in [1.82, 2.24) is 0 Å². The molecule has 0 saturated carbocycles. The maximum atomic E-state index is 11.9. The van der Waals surface area contributed by atoms with E-state index < -0.39 is 18.9 Å². The fourth-order valence-corrected chi connectivity index (χ4v) is 2.09. The standard InChI is InChI=1S/C8H9ClF3NOS/c9-7-2-1-6(15-7)5(3-13)14-4-8(10,11)12/h1-2,5H,3-4,13H2. The monoisotopic (exact) mass is 259 g/mol. The first kappa shape index (κ1) is 12.8. The van der Waals surface area contributed by atoms with Crippen LogP contribution < -0.4 is 5.73 Å². The molecule has 0 bridgehead atoms. The van der Waals surface area contributed by atoms with Crippen LogP contribution in [0.2, 0.25) is 4.34 Å². The van der Waals surface area contributed by atoms with Crippen molar-refractivity contribution in [2.45, 2.75) is 12.3 Å². The van der Waals surface area contributed by atoms with Gasteiger partial charge in [0.1, 0.15) is 12.7 Å². The maximum absolute atomic E-state index is 11.9. The average molecular weight is 260 g/mol. The van der Waals surface area contributed by atoms with Crippen LogP contribution in [0, 0.1) is 0 Å². The van der Waals surface area contributed by atoms with Gasteiger partial charge in [0.2, 0.25) is 0 Å². The molecule has 0 aliphatic rings. The molecule has 7 heteroatoms. The van der Waals surface area contributed by atoms with Crippen molar-refractivity contribution >= 4 is 22.9 Å². The smallest absolute Gasteiger partial charge is 0.362 e. The van der Waals surface area contributed by atoms with Crippen molar-refractivity contribution in [1.29, 1.82) is 0 Å². The molecule has 0 fully saturated rings. The molecule has 1 aromatic rings. The van der Waals surface area contributed by atoms with Crippen LogP contribution in [0.1, 0.15) is 11.0 Å². The van der Waals surface area contributed by atoms with Gasteiger partial charge in [-0.1, -0.05) is 11.6 Å². The van der Waals surface area contributed by atoms with E-state index in [1.165, 1.54) is 0 Å². The van der Waals surface area contributed by atoms with Crippen LogP contribution in [0.4, 0.5) is 13.2 Å². The van der Waals surface area contributed by atoms with Crippen molar-refractivity contribution in [3.8, 4) is 0 Å². The molecule has 86 valence electrons. The molecule has 0 aliphatic heterocycles. The summed E-state index contributed by atoms with van der Waals surface area (Å²) in [5, 5.41) is 0. The van der Waals surface area contributed by atoms with Gasteiger partial charge in [-0.2, -0.15) is 13.2 Å². The van der Waals surface area contributed by atoms with Gasteiger partial charge in [-0.25, -0.2) is 0 Å². The first-order valence-electron chi connectivity index (χ1n) is 4.06. The summed E-state index contributed by atoms with van der Waals surface area (Å²) in [4.78, 5) is 0.603. The topological polar surface area (TPSA) is 35.2 Å². The highest BCUT2D eigenvalue weighted by atomic mass is 35.5. The summed E-state index contributed by atoms with van der Waals surface area (Å²) in [6.07, 6.45) is -5.08. The summed E-state index contributed by atoms with van der Waals surface area (Å²) >= 11 is 6.82. The highest BCUT2D eigenvalue weighted by Crippen LogP contribution is 2.29. The first-order valence-corrected chi connectivity index (χ1v) is 5.25. The molecule has 0 saturated heterocycles. The number of nitrogens with two attached hydrogens (primary N) is 1. The average Bonchev–Trinajstić information content (AvgIpc) is 2.51. The Kier molecular flexibility index (Phi) is 4.39. The van der Waals surface area contributed by atoms with E-state index in [4.69, 9.17) is 17.3 Å². The van der Waals surface area contributed by atoms with Gasteiger partial charge in [-0.15, -0.1) is 11.3 Å². The minimum absolute atomic E-state index is 0.00702. The Labute approximate surface area is 93.8 Å². The second-order valence-corrected chi connectivity index (χ2v) is 4.54. The molecule has 1 atom stereocenters. The van der Waals surface area contributed by atoms with Crippen LogP contribution in [-0.4, -0.2) is 19.3 Å². The van der Waals surface area contributed by atoms with E-state index in [-0.39, 0.29) is 6.54 Å². The SMILES string of the molecule is NCC(OCC(F)(F)F)c1ccc(Cl)s1. The normalized spacial score (nSPS) is 14.2. The number of ether oxygens (including phenoxy) is 1. The van der Waals surface area contributed by atoms with Crippen molar-refractivity contribution in [2.75, 3.05) is 13.2 Å². The number of rotatable bonds is 4. The van der Waals surface area contributed by atoms with E-state index >= 15 is 0 Å². The van der Waals surface area contributed by atoms with E-state index in [0.717, 1.165) is 11.3 Å². The molecular formula is C8H9ClF3NOS. The Morgan fingerprint density at radius 2 is 2.13 bits per heavy atom. The third-order valence-corrected chi connectivity index (χ3v) is 2.90. The molecule has 1 unspecified atom stereocenters. The van der Waals surface area contributed by atoms with Gasteiger partial charge in [0.05, 0.1) is 4.34 Å². The minimum atomic E-state index is -4.34. The van der Waals surface area contributed by atoms with E-state index in [9.17, 15) is 13.2 Å². The quantitative estimate of drug-likeness (QED) is 0.902. The molecule has 0 radical (unpaired) electrons. The third kappa shape index (κ3) is 4.38. The van der Waals surface area contributed by atoms with Crippen molar-refractivity contribution in [3.63, 3.8) is 0 Å². The summed E-state index contributed by atoms with van der Waals surface area (Å²) in [5.41, 5.74) is 5.31. The summed E-state index contributed by atoms with van der Waals surface area (Å²) in [7, 11) is 0. The van der Waals surface area contributed by atoms with Gasteiger partial charge in [0.15, 0.2) is 0 Å². The number of thiophene rings is 1. The van der Waals surface area contributed by atoms with E-state index in [1.54, 1.807) is 12.1 Å². The fourth-order valence-electron chi connectivity index (χ4n) is 0.963. The fraction of sp³-hybridized carbons (Fsp3) is 0.500. The second-order valence-electron chi connectivity index (χ2n) is 2.79. The predicted molar refractivity (Wildman–Crippen MR) is 53.1 cm³/mol. The van der Waals surface area contributed by atoms with Crippen LogP contribution >= 0.6 is 22.9 Å². The van der Waals surface area contributed by atoms with Gasteiger partial charge in [0, 0.05) is 11.4 Å². The van der Waals surface area contributed by atoms with Gasteiger partial charge in [0.25, 0.3) is 0 Å². The maximum Gasteiger partial charge on any atom is 0.411 e. The zero-order valence-electron chi connectivity index (χ0n) is 7.55. The number of halogens is 4. The van der Waals surface area contributed by atoms with Crippen molar-refractivity contribution in [3.05, 3.63) is 21.3 Å². The zero-order valence-corrected chi connectivity index (χ0v) is 9.12. The van der Waals surface area contributed by atoms with Crippen LogP contribution in [-0.2, 0) is 4.74 Å². The Bertz CT molecular complexity index is 315. The highest BCUT2D eigenvalue weighted by Gasteiger charge is 2.29. The molecule has 1 rings (SSSR count). The number of hydrogen-bond acceptors (Lipinski definition) is 3. The molecular weight excluding hydrogens is 251 g/mol. The lowest BCUT2D eigenvalue weighted by Gasteiger charge is -2.15. The van der Waals surface area contributed by atoms with Crippen LogP contribution in [0.5, 0.6) is 0 Å². The summed E-state index contributed by atoms with van der Waals surface area (Å²) < 4.78 is 40.8. The second kappa shape index (κ2) is 5.16. The molecule has 1 heterocycles. The molecule has 0 amide bonds. The van der Waals surface area contributed by atoms with Crippen LogP contribution in [0.15, 0.2) is 12.1 Å². The van der Waals surface area contributed by atoms with Gasteiger partial charge in [-0.3, -0.25) is 0 Å². The lowest BCUT2D eigenvalue weighted by atomic mass is 10.3. The number of alkyl halides is 3. The Balaban J connectivity index is 2.57. The molecule has 0 aromatic carbocycles. The Morgan fingerprint density at radius 1 is 1.47 bits per heavy atom. The largest absolute Gasteiger partial charge is 0.411 e. The third-order valence-electron chi connectivity index (χ3n) is 1.57. The van der Waals surface area contributed by atoms with Crippen molar-refractivity contribution in [2.24, 2.45) is 5.73 Å².